The molecular formula is C33H48N6O8. The first-order valence-corrected chi connectivity index (χ1v) is 15.6. The quantitative estimate of drug-likeness (QED) is 0.155. The number of carbonyl (C=O) groups excluding carboxylic acids is 6. The fraction of sp³-hybridized carbons (Fsp3) is 0.545. The Morgan fingerprint density at radius 3 is 2.02 bits per heavy atom. The molecule has 0 aliphatic carbocycles. The van der Waals surface area contributed by atoms with Crippen molar-refractivity contribution in [2.45, 2.75) is 105 Å². The predicted molar refractivity (Wildman–Crippen MR) is 177 cm³/mol. The van der Waals surface area contributed by atoms with Gasteiger partial charge in [-0.15, -0.1) is 0 Å². The SMILES string of the molecule is CC[C@H](NC(C)=O)C(=O)N[C@H](C(=O)N[C@@H](CC(C)C)C(=O)N[C@@H](CCC(N)=O)C(=O)Nc1ccc2c(C)cc(=O)oc2c1)C(C)(C)C. The van der Waals surface area contributed by atoms with Gasteiger partial charge in [0.2, 0.25) is 35.4 Å². The molecule has 0 saturated carbocycles. The van der Waals surface area contributed by atoms with Crippen LogP contribution >= 0.6 is 0 Å². The number of carbonyl (C=O) groups is 6. The van der Waals surface area contributed by atoms with Crippen LogP contribution in [0.3, 0.4) is 0 Å². The highest BCUT2D eigenvalue weighted by Gasteiger charge is 2.37. The lowest BCUT2D eigenvalue weighted by atomic mass is 9.85. The summed E-state index contributed by atoms with van der Waals surface area (Å²) in [6.07, 6.45) is 0.152. The van der Waals surface area contributed by atoms with Crippen molar-refractivity contribution in [3.05, 3.63) is 40.2 Å². The standard InChI is InChI=1S/C33H48N6O8/c1-9-22(35-19(5)40)29(43)39-28(33(6,7)8)32(46)38-24(14-17(2)3)31(45)37-23(12-13-26(34)41)30(44)36-20-10-11-21-18(4)15-27(42)47-25(21)16-20/h10-11,15-17,22-24,28H,9,12-14H2,1-8H3,(H2,34,41)(H,35,40)(H,36,44)(H,37,45)(H,38,46)(H,39,43)/t22-,23-,24-,28+/m0/s1. The topological polar surface area (TPSA) is 219 Å². The minimum absolute atomic E-state index is 0.0634. The molecule has 47 heavy (non-hydrogen) atoms. The molecule has 258 valence electrons. The van der Waals surface area contributed by atoms with E-state index in [2.05, 4.69) is 26.6 Å². The summed E-state index contributed by atoms with van der Waals surface area (Å²) in [5, 5.41) is 14.0. The fourth-order valence-corrected chi connectivity index (χ4v) is 4.93. The molecule has 0 spiro atoms. The van der Waals surface area contributed by atoms with Crippen molar-refractivity contribution in [1.82, 2.24) is 21.3 Å². The molecule has 14 nitrogen and oxygen atoms in total. The van der Waals surface area contributed by atoms with Crippen molar-refractivity contribution < 1.29 is 33.2 Å². The first kappa shape index (κ1) is 38.4. The van der Waals surface area contributed by atoms with Gasteiger partial charge >= 0.3 is 5.63 Å². The van der Waals surface area contributed by atoms with E-state index in [9.17, 15) is 33.6 Å². The highest BCUT2D eigenvalue weighted by molar-refractivity contribution is 6.00. The molecule has 6 amide bonds. The van der Waals surface area contributed by atoms with E-state index in [-0.39, 0.29) is 36.5 Å². The number of fused-ring (bicyclic) bond motifs is 1. The molecule has 0 bridgehead atoms. The van der Waals surface area contributed by atoms with Crippen LogP contribution in [0.25, 0.3) is 11.0 Å². The predicted octanol–water partition coefficient (Wildman–Crippen LogP) is 1.77. The van der Waals surface area contributed by atoms with E-state index in [0.29, 0.717) is 17.4 Å². The summed E-state index contributed by atoms with van der Waals surface area (Å²) in [7, 11) is 0. The van der Waals surface area contributed by atoms with E-state index in [1.807, 2.05) is 13.8 Å². The van der Waals surface area contributed by atoms with Gasteiger partial charge in [0.05, 0.1) is 0 Å². The third-order valence-electron chi connectivity index (χ3n) is 7.39. The highest BCUT2D eigenvalue weighted by atomic mass is 16.4. The van der Waals surface area contributed by atoms with Crippen molar-refractivity contribution in [3.8, 4) is 0 Å². The number of hydrogen-bond donors (Lipinski definition) is 6. The molecule has 0 saturated heterocycles. The largest absolute Gasteiger partial charge is 0.423 e. The molecule has 0 unspecified atom stereocenters. The molecule has 1 aromatic carbocycles. The molecule has 1 aromatic heterocycles. The molecule has 2 aromatic rings. The van der Waals surface area contributed by atoms with E-state index in [0.717, 1.165) is 0 Å². The van der Waals surface area contributed by atoms with Crippen molar-refractivity contribution in [1.29, 1.82) is 0 Å². The second kappa shape index (κ2) is 16.7. The van der Waals surface area contributed by atoms with Crippen LogP contribution in [-0.4, -0.2) is 59.6 Å². The van der Waals surface area contributed by atoms with Crippen molar-refractivity contribution in [2.75, 3.05) is 5.32 Å². The average Bonchev–Trinajstić information content (AvgIpc) is 2.94. The van der Waals surface area contributed by atoms with Gasteiger partial charge in [-0.1, -0.05) is 41.5 Å². The minimum Gasteiger partial charge on any atom is -0.423 e. The van der Waals surface area contributed by atoms with E-state index in [1.54, 1.807) is 46.8 Å². The molecule has 14 heteroatoms. The zero-order chi connectivity index (χ0) is 35.6. The van der Waals surface area contributed by atoms with Crippen LogP contribution in [0, 0.1) is 18.3 Å². The lowest BCUT2D eigenvalue weighted by Gasteiger charge is -2.33. The van der Waals surface area contributed by atoms with E-state index >= 15 is 0 Å². The number of primary amides is 1. The first-order valence-electron chi connectivity index (χ1n) is 15.6. The molecule has 1 heterocycles. The Morgan fingerprint density at radius 2 is 1.47 bits per heavy atom. The lowest BCUT2D eigenvalue weighted by molar-refractivity contribution is -0.136. The summed E-state index contributed by atoms with van der Waals surface area (Å²) in [5.74, 6) is -3.65. The zero-order valence-electron chi connectivity index (χ0n) is 28.4. The molecule has 7 N–H and O–H groups in total. The van der Waals surface area contributed by atoms with E-state index in [1.165, 1.54) is 19.1 Å². The van der Waals surface area contributed by atoms with Crippen LogP contribution in [-0.2, 0) is 28.8 Å². The summed E-state index contributed by atoms with van der Waals surface area (Å²) in [6.45, 7) is 13.7. The van der Waals surface area contributed by atoms with Crippen molar-refractivity contribution in [3.63, 3.8) is 0 Å². The van der Waals surface area contributed by atoms with Gasteiger partial charge < -0.3 is 36.7 Å². The van der Waals surface area contributed by atoms with Gasteiger partial charge in [-0.2, -0.15) is 0 Å². The third kappa shape index (κ3) is 11.8. The molecule has 4 atom stereocenters. The van der Waals surface area contributed by atoms with Crippen LogP contribution in [0.5, 0.6) is 0 Å². The van der Waals surface area contributed by atoms with Gasteiger partial charge in [-0.3, -0.25) is 28.8 Å². The monoisotopic (exact) mass is 656 g/mol. The van der Waals surface area contributed by atoms with Gasteiger partial charge in [-0.25, -0.2) is 4.79 Å². The van der Waals surface area contributed by atoms with Crippen LogP contribution in [0.1, 0.15) is 79.7 Å². The molecule has 0 aliphatic heterocycles. The van der Waals surface area contributed by atoms with Gasteiger partial charge in [0.1, 0.15) is 29.8 Å². The fourth-order valence-electron chi connectivity index (χ4n) is 4.93. The Labute approximate surface area is 274 Å². The van der Waals surface area contributed by atoms with Gasteiger partial charge in [0.15, 0.2) is 0 Å². The summed E-state index contributed by atoms with van der Waals surface area (Å²) < 4.78 is 5.25. The zero-order valence-corrected chi connectivity index (χ0v) is 28.4. The van der Waals surface area contributed by atoms with Crippen LogP contribution in [0.15, 0.2) is 33.5 Å². The van der Waals surface area contributed by atoms with E-state index < -0.39 is 70.7 Å². The Balaban J connectivity index is 2.31. The third-order valence-corrected chi connectivity index (χ3v) is 7.39. The average molecular weight is 657 g/mol. The van der Waals surface area contributed by atoms with Crippen molar-refractivity contribution >= 4 is 52.1 Å². The molecule has 0 radical (unpaired) electrons. The molecular weight excluding hydrogens is 608 g/mol. The Hall–Kier alpha value is -4.75. The van der Waals surface area contributed by atoms with Gasteiger partial charge in [0, 0.05) is 36.6 Å². The Kier molecular flexibility index (Phi) is 13.7. The summed E-state index contributed by atoms with van der Waals surface area (Å²) in [6, 6.07) is 1.86. The number of amides is 6. The molecule has 2 rings (SSSR count). The maximum atomic E-state index is 13.6. The van der Waals surface area contributed by atoms with Crippen molar-refractivity contribution in [2.24, 2.45) is 17.1 Å². The maximum absolute atomic E-state index is 13.6. The number of hydrogen-bond acceptors (Lipinski definition) is 8. The lowest BCUT2D eigenvalue weighted by Crippen LogP contribution is -2.61. The van der Waals surface area contributed by atoms with E-state index in [4.69, 9.17) is 10.2 Å². The first-order chi connectivity index (χ1) is 21.8. The minimum atomic E-state index is -1.22. The number of anilines is 1. The maximum Gasteiger partial charge on any atom is 0.336 e. The number of nitrogens with two attached hydrogens (primary N) is 1. The highest BCUT2D eigenvalue weighted by Crippen LogP contribution is 2.22. The second-order valence-electron chi connectivity index (χ2n) is 13.2. The van der Waals surface area contributed by atoms with Gasteiger partial charge in [-0.05, 0) is 55.2 Å². The summed E-state index contributed by atoms with van der Waals surface area (Å²) in [5.41, 5.74) is 5.25. The Morgan fingerprint density at radius 1 is 0.851 bits per heavy atom. The number of rotatable bonds is 15. The summed E-state index contributed by atoms with van der Waals surface area (Å²) >= 11 is 0. The van der Waals surface area contributed by atoms with Crippen LogP contribution in [0.2, 0.25) is 0 Å². The van der Waals surface area contributed by atoms with Gasteiger partial charge in [0.25, 0.3) is 0 Å². The van der Waals surface area contributed by atoms with Crippen LogP contribution in [0.4, 0.5) is 5.69 Å². The molecule has 0 aliphatic rings. The second-order valence-corrected chi connectivity index (χ2v) is 13.2. The number of aryl methyl sites for hydroxylation is 1. The summed E-state index contributed by atoms with van der Waals surface area (Å²) in [4.78, 5) is 88.7. The smallest absolute Gasteiger partial charge is 0.336 e. The number of benzene rings is 1. The van der Waals surface area contributed by atoms with Crippen LogP contribution < -0.4 is 37.9 Å². The normalized spacial score (nSPS) is 14.0. The Bertz CT molecular complexity index is 1540. The number of nitrogens with one attached hydrogen (secondary N) is 5. The molecule has 0 fully saturated rings.